The minimum atomic E-state index is 0.361. The van der Waals surface area contributed by atoms with Crippen LogP contribution in [0, 0.1) is 81.8 Å². The van der Waals surface area contributed by atoms with E-state index < -0.39 is 0 Å². The molecule has 0 aromatic rings. The maximum absolute atomic E-state index is 2.66. The Hall–Kier alpha value is -0.260. The molecule has 0 N–H and O–H groups in total. The molecule has 1 fully saturated rings. The molecular formula is C38H74. The van der Waals surface area contributed by atoms with Crippen LogP contribution in [0.25, 0.3) is 0 Å². The first-order valence-corrected chi connectivity index (χ1v) is 17.0. The van der Waals surface area contributed by atoms with Gasteiger partial charge < -0.3 is 0 Å². The van der Waals surface area contributed by atoms with Crippen LogP contribution < -0.4 is 0 Å². The lowest BCUT2D eigenvalue weighted by molar-refractivity contribution is -0.0102. The monoisotopic (exact) mass is 531 g/mol. The van der Waals surface area contributed by atoms with E-state index in [2.05, 4.69) is 124 Å². The molecule has 1 saturated carbocycles. The summed E-state index contributed by atoms with van der Waals surface area (Å²) < 4.78 is 0. The van der Waals surface area contributed by atoms with Gasteiger partial charge in [-0.15, -0.1) is 0 Å². The van der Waals surface area contributed by atoms with Gasteiger partial charge in [-0.3, -0.25) is 0 Å². The highest BCUT2D eigenvalue weighted by Gasteiger charge is 2.49. The van der Waals surface area contributed by atoms with Crippen LogP contribution in [0.3, 0.4) is 0 Å². The molecule has 11 atom stereocenters. The molecule has 0 nitrogen and oxygen atoms in total. The third kappa shape index (κ3) is 8.15. The van der Waals surface area contributed by atoms with E-state index in [-0.39, 0.29) is 0 Å². The SMILES string of the molecule is C/C=C1\C(C)C(C(C)C)C(C)C(C)(CCCC(C(C)C(C)C(C)(C)C)C(CC(C)CC)C(C)C(C)C)C1C. The first kappa shape index (κ1) is 35.8. The largest absolute Gasteiger partial charge is 0.0879 e. The predicted octanol–water partition coefficient (Wildman–Crippen LogP) is 12.6. The van der Waals surface area contributed by atoms with Gasteiger partial charge in [0.25, 0.3) is 0 Å². The van der Waals surface area contributed by atoms with Crippen LogP contribution in [-0.2, 0) is 0 Å². The Balaban J connectivity index is 3.36. The highest BCUT2D eigenvalue weighted by atomic mass is 14.5. The summed E-state index contributed by atoms with van der Waals surface area (Å²) in [5, 5.41) is 0. The molecule has 0 aromatic heterocycles. The number of hydrogen-bond donors (Lipinski definition) is 0. The third-order valence-electron chi connectivity index (χ3n) is 13.0. The van der Waals surface area contributed by atoms with Crippen molar-refractivity contribution in [1.82, 2.24) is 0 Å². The van der Waals surface area contributed by atoms with Crippen molar-refractivity contribution in [2.75, 3.05) is 0 Å². The highest BCUT2D eigenvalue weighted by molar-refractivity contribution is 5.19. The fraction of sp³-hybridized carbons (Fsp3) is 0.947. The van der Waals surface area contributed by atoms with Gasteiger partial charge in [0.15, 0.2) is 0 Å². The van der Waals surface area contributed by atoms with Crippen LogP contribution in [0.15, 0.2) is 11.6 Å². The van der Waals surface area contributed by atoms with E-state index in [1.54, 1.807) is 5.57 Å². The van der Waals surface area contributed by atoms with Gasteiger partial charge in [-0.1, -0.05) is 135 Å². The van der Waals surface area contributed by atoms with E-state index >= 15 is 0 Å². The summed E-state index contributed by atoms with van der Waals surface area (Å²) >= 11 is 0. The third-order valence-corrected chi connectivity index (χ3v) is 13.0. The van der Waals surface area contributed by atoms with Crippen LogP contribution in [0.1, 0.15) is 150 Å². The molecule has 1 aliphatic rings. The summed E-state index contributed by atoms with van der Waals surface area (Å²) in [5.41, 5.74) is 2.49. The van der Waals surface area contributed by atoms with Crippen molar-refractivity contribution in [1.29, 1.82) is 0 Å². The first-order valence-electron chi connectivity index (χ1n) is 17.0. The van der Waals surface area contributed by atoms with Gasteiger partial charge in [-0.25, -0.2) is 0 Å². The minimum Gasteiger partial charge on any atom is -0.0879 e. The van der Waals surface area contributed by atoms with Gasteiger partial charge in [-0.2, -0.15) is 0 Å². The maximum Gasteiger partial charge on any atom is -0.0172 e. The van der Waals surface area contributed by atoms with E-state index in [4.69, 9.17) is 0 Å². The van der Waals surface area contributed by atoms with Crippen LogP contribution in [0.4, 0.5) is 0 Å². The van der Waals surface area contributed by atoms with Gasteiger partial charge in [0, 0.05) is 0 Å². The van der Waals surface area contributed by atoms with E-state index in [0.717, 1.165) is 59.2 Å². The molecular weight excluding hydrogens is 456 g/mol. The summed E-state index contributed by atoms with van der Waals surface area (Å²) in [6.07, 6.45) is 9.36. The zero-order chi connectivity index (χ0) is 29.7. The van der Waals surface area contributed by atoms with Crippen molar-refractivity contribution in [3.63, 3.8) is 0 Å². The number of allylic oxidation sites excluding steroid dienone is 2. The lowest BCUT2D eigenvalue weighted by Gasteiger charge is -2.55. The molecule has 38 heavy (non-hydrogen) atoms. The van der Waals surface area contributed by atoms with E-state index in [1.807, 2.05) is 0 Å². The molecule has 0 radical (unpaired) electrons. The Morgan fingerprint density at radius 3 is 1.84 bits per heavy atom. The molecule has 0 saturated heterocycles. The Morgan fingerprint density at radius 2 is 1.42 bits per heavy atom. The van der Waals surface area contributed by atoms with Crippen molar-refractivity contribution in [2.24, 2.45) is 81.8 Å². The maximum atomic E-state index is 2.66. The van der Waals surface area contributed by atoms with Gasteiger partial charge in [0.1, 0.15) is 0 Å². The topological polar surface area (TPSA) is 0 Å². The average molecular weight is 531 g/mol. The second-order valence-corrected chi connectivity index (χ2v) is 16.5. The van der Waals surface area contributed by atoms with E-state index in [0.29, 0.717) is 22.7 Å². The molecule has 1 rings (SSSR count). The molecule has 0 heterocycles. The van der Waals surface area contributed by atoms with Gasteiger partial charge in [-0.05, 0) is 108 Å². The summed E-state index contributed by atoms with van der Waals surface area (Å²) in [7, 11) is 0. The quantitative estimate of drug-likeness (QED) is 0.208. The zero-order valence-corrected chi connectivity index (χ0v) is 29.5. The molecule has 0 aliphatic heterocycles. The van der Waals surface area contributed by atoms with Crippen LogP contribution in [-0.4, -0.2) is 0 Å². The normalized spacial score (nSPS) is 32.9. The summed E-state index contributed by atoms with van der Waals surface area (Å²) in [6, 6.07) is 0. The Kier molecular flexibility index (Phi) is 13.7. The highest BCUT2D eigenvalue weighted by Crippen LogP contribution is 2.57. The van der Waals surface area contributed by atoms with Crippen molar-refractivity contribution >= 4 is 0 Å². The summed E-state index contributed by atoms with van der Waals surface area (Å²) in [6.45, 7) is 42.6. The standard InChI is InChI=1S/C38H74/c1-18-26(7)23-35(27(8)24(3)4)34(28(9)30(11)37(14,15)16)21-20-22-38(17)31(12)33(19-2)29(10)36(25(5)6)32(38)13/h19,24-32,34-36H,18,20-23H2,1-17H3/b33-19+. The summed E-state index contributed by atoms with van der Waals surface area (Å²) in [5.74, 6) is 9.19. The first-order chi connectivity index (χ1) is 17.4. The predicted molar refractivity (Wildman–Crippen MR) is 174 cm³/mol. The Morgan fingerprint density at radius 1 is 0.868 bits per heavy atom. The smallest absolute Gasteiger partial charge is 0.0172 e. The van der Waals surface area contributed by atoms with Gasteiger partial charge in [0.05, 0.1) is 0 Å². The van der Waals surface area contributed by atoms with Crippen LogP contribution >= 0.6 is 0 Å². The molecule has 0 spiro atoms. The molecule has 11 unspecified atom stereocenters. The average Bonchev–Trinajstić information content (AvgIpc) is 2.82. The van der Waals surface area contributed by atoms with Gasteiger partial charge in [0.2, 0.25) is 0 Å². The fourth-order valence-corrected chi connectivity index (χ4v) is 9.03. The summed E-state index contributed by atoms with van der Waals surface area (Å²) in [4.78, 5) is 0. The number of rotatable bonds is 13. The molecule has 1 aliphatic carbocycles. The lowest BCUT2D eigenvalue weighted by atomic mass is 9.50. The van der Waals surface area contributed by atoms with E-state index in [9.17, 15) is 0 Å². The lowest BCUT2D eigenvalue weighted by Crippen LogP contribution is -2.48. The van der Waals surface area contributed by atoms with Crippen molar-refractivity contribution in [3.8, 4) is 0 Å². The Labute approximate surface area is 243 Å². The van der Waals surface area contributed by atoms with Crippen LogP contribution in [0.5, 0.6) is 0 Å². The van der Waals surface area contributed by atoms with E-state index in [1.165, 1.54) is 32.1 Å². The van der Waals surface area contributed by atoms with Crippen LogP contribution in [0.2, 0.25) is 0 Å². The second-order valence-electron chi connectivity index (χ2n) is 16.5. The molecule has 0 bridgehead atoms. The molecule has 226 valence electrons. The van der Waals surface area contributed by atoms with Crippen molar-refractivity contribution in [2.45, 2.75) is 150 Å². The number of hydrogen-bond acceptors (Lipinski definition) is 0. The second kappa shape index (κ2) is 14.6. The Bertz CT molecular complexity index is 704. The fourth-order valence-electron chi connectivity index (χ4n) is 9.03. The molecule has 0 aromatic carbocycles. The minimum absolute atomic E-state index is 0.361. The van der Waals surface area contributed by atoms with Gasteiger partial charge >= 0.3 is 0 Å². The van der Waals surface area contributed by atoms with Crippen molar-refractivity contribution in [3.05, 3.63) is 11.6 Å². The van der Waals surface area contributed by atoms with Crippen molar-refractivity contribution < 1.29 is 0 Å². The zero-order valence-electron chi connectivity index (χ0n) is 29.5. The molecule has 0 heteroatoms. The molecule has 0 amide bonds.